The second-order valence-electron chi connectivity index (χ2n) is 7.28. The molecular weight excluding hydrogens is 415 g/mol. The van der Waals surface area contributed by atoms with Crippen LogP contribution in [0, 0.1) is 27.7 Å². The Balaban J connectivity index is 2.32. The maximum atomic E-state index is 6.52. The molecule has 0 radical (unpaired) electrons. The maximum absolute atomic E-state index is 6.52. The van der Waals surface area contributed by atoms with E-state index in [1.54, 1.807) is 0 Å². The molecule has 0 aliphatic rings. The number of aryl methyl sites for hydroxylation is 2. The average Bonchev–Trinajstić information content (AvgIpc) is 2.55. The molecule has 0 saturated heterocycles. The predicted molar refractivity (Wildman–Crippen MR) is 109 cm³/mol. The Morgan fingerprint density at radius 1 is 0.680 bits per heavy atom. The summed E-state index contributed by atoms with van der Waals surface area (Å²) in [5.74, 6) is 2.02. The van der Waals surface area contributed by atoms with Crippen LogP contribution in [0.15, 0.2) is 24.3 Å². The zero-order chi connectivity index (χ0) is 18.8. The Bertz CT molecular complexity index is 700. The van der Waals surface area contributed by atoms with Crippen LogP contribution in [0.1, 0.15) is 47.2 Å². The summed E-state index contributed by atoms with van der Waals surface area (Å²) >= 11 is -3.19. The molecule has 0 aliphatic carbocycles. The summed E-state index contributed by atoms with van der Waals surface area (Å²) in [5.41, 5.74) is 7.93. The second-order valence-corrected chi connectivity index (χ2v) is 16.4. The standard InChI is InChI=1S/2C10H14O.2CH3.Sn/c2*1-4-9-8(3)7(2)5-6-10(9)11;;;/h2*5-6,11H,4H2,1-3H3;2*1H3;/q;;;;+2/p-2. The Morgan fingerprint density at radius 3 is 1.36 bits per heavy atom. The van der Waals surface area contributed by atoms with Gasteiger partial charge in [0.05, 0.1) is 0 Å². The van der Waals surface area contributed by atoms with E-state index in [-0.39, 0.29) is 0 Å². The quantitative estimate of drug-likeness (QED) is 0.491. The van der Waals surface area contributed by atoms with Crippen molar-refractivity contribution in [3.8, 4) is 11.5 Å². The van der Waals surface area contributed by atoms with Gasteiger partial charge in [-0.1, -0.05) is 0 Å². The number of hydrogen-bond donors (Lipinski definition) is 0. The first kappa shape index (κ1) is 20.2. The van der Waals surface area contributed by atoms with Crippen LogP contribution in [0.5, 0.6) is 11.5 Å². The van der Waals surface area contributed by atoms with Crippen molar-refractivity contribution < 1.29 is 6.15 Å². The molecule has 0 aromatic heterocycles. The summed E-state index contributed by atoms with van der Waals surface area (Å²) < 4.78 is 13.0. The molecule has 2 aromatic carbocycles. The fourth-order valence-corrected chi connectivity index (χ4v) is 7.55. The van der Waals surface area contributed by atoms with Gasteiger partial charge in [0.15, 0.2) is 0 Å². The first-order valence-corrected chi connectivity index (χ1v) is 17.3. The van der Waals surface area contributed by atoms with Crippen molar-refractivity contribution in [3.63, 3.8) is 0 Å². The summed E-state index contributed by atoms with van der Waals surface area (Å²) in [6.45, 7) is 13.1. The third-order valence-electron chi connectivity index (χ3n) is 5.07. The Kier molecular flexibility index (Phi) is 6.47. The molecule has 25 heavy (non-hydrogen) atoms. The molecule has 2 aromatic rings. The van der Waals surface area contributed by atoms with E-state index in [0.29, 0.717) is 0 Å². The molecule has 0 unspecified atom stereocenters. The minimum atomic E-state index is -3.19. The molecule has 0 aliphatic heterocycles. The van der Waals surface area contributed by atoms with E-state index < -0.39 is 19.2 Å². The van der Waals surface area contributed by atoms with Crippen LogP contribution >= 0.6 is 0 Å². The van der Waals surface area contributed by atoms with Crippen LogP contribution in [-0.2, 0) is 12.8 Å². The normalized spacial score (nSPS) is 11.5. The summed E-state index contributed by atoms with van der Waals surface area (Å²) in [6, 6.07) is 8.53. The van der Waals surface area contributed by atoms with Crippen LogP contribution in [0.4, 0.5) is 0 Å². The number of benzene rings is 2. The fraction of sp³-hybridized carbons (Fsp3) is 0.455. The van der Waals surface area contributed by atoms with Crippen LogP contribution in [0.2, 0.25) is 9.88 Å². The molecule has 0 fully saturated rings. The molecule has 0 amide bonds. The molecule has 3 heteroatoms. The van der Waals surface area contributed by atoms with E-state index in [1.165, 1.54) is 33.4 Å². The van der Waals surface area contributed by atoms with Gasteiger partial charge in [-0.05, 0) is 0 Å². The molecule has 2 nitrogen and oxygen atoms in total. The average molecular weight is 447 g/mol. The summed E-state index contributed by atoms with van der Waals surface area (Å²) in [7, 11) is 0. The van der Waals surface area contributed by atoms with E-state index in [4.69, 9.17) is 6.15 Å². The Hall–Kier alpha value is -1.16. The molecule has 0 bridgehead atoms. The van der Waals surface area contributed by atoms with Gasteiger partial charge in [-0.2, -0.15) is 0 Å². The van der Waals surface area contributed by atoms with Crippen molar-refractivity contribution in [2.75, 3.05) is 0 Å². The van der Waals surface area contributed by atoms with Crippen molar-refractivity contribution in [1.29, 1.82) is 0 Å². The zero-order valence-electron chi connectivity index (χ0n) is 17.0. The van der Waals surface area contributed by atoms with Crippen LogP contribution in [0.3, 0.4) is 0 Å². The molecule has 0 atom stereocenters. The SMILES string of the molecule is CCc1c([O][Sn]([CH3])([CH3])[O]c2ccc(C)c(C)c2CC)ccc(C)c1C. The van der Waals surface area contributed by atoms with Gasteiger partial charge in [-0.25, -0.2) is 0 Å². The van der Waals surface area contributed by atoms with Gasteiger partial charge in [0.2, 0.25) is 0 Å². The third-order valence-corrected chi connectivity index (χ3v) is 9.13. The summed E-state index contributed by atoms with van der Waals surface area (Å²) in [4.78, 5) is 4.38. The van der Waals surface area contributed by atoms with E-state index in [2.05, 4.69) is 75.7 Å². The van der Waals surface area contributed by atoms with Gasteiger partial charge in [-0.15, -0.1) is 0 Å². The van der Waals surface area contributed by atoms with E-state index in [1.807, 2.05) is 0 Å². The van der Waals surface area contributed by atoms with Crippen molar-refractivity contribution in [2.45, 2.75) is 64.3 Å². The van der Waals surface area contributed by atoms with Gasteiger partial charge in [-0.3, -0.25) is 0 Å². The molecule has 0 heterocycles. The van der Waals surface area contributed by atoms with Crippen LogP contribution in [0.25, 0.3) is 0 Å². The van der Waals surface area contributed by atoms with E-state index in [0.717, 1.165) is 24.3 Å². The van der Waals surface area contributed by atoms with Crippen molar-refractivity contribution in [2.24, 2.45) is 0 Å². The van der Waals surface area contributed by atoms with Gasteiger partial charge >= 0.3 is 159 Å². The van der Waals surface area contributed by atoms with E-state index >= 15 is 0 Å². The molecular formula is C22H32O2Sn. The molecule has 136 valence electrons. The van der Waals surface area contributed by atoms with Crippen LogP contribution in [-0.4, -0.2) is 19.2 Å². The first-order valence-electron chi connectivity index (χ1n) is 9.26. The van der Waals surface area contributed by atoms with Crippen molar-refractivity contribution in [3.05, 3.63) is 57.6 Å². The third kappa shape index (κ3) is 4.52. The molecule has 0 N–H and O–H groups in total. The Morgan fingerprint density at radius 2 is 1.04 bits per heavy atom. The monoisotopic (exact) mass is 448 g/mol. The number of hydrogen-bond acceptors (Lipinski definition) is 2. The van der Waals surface area contributed by atoms with Gasteiger partial charge in [0.1, 0.15) is 0 Å². The molecule has 2 rings (SSSR count). The van der Waals surface area contributed by atoms with Crippen molar-refractivity contribution in [1.82, 2.24) is 0 Å². The Labute approximate surface area is 158 Å². The van der Waals surface area contributed by atoms with Crippen molar-refractivity contribution >= 4 is 19.2 Å². The molecule has 0 spiro atoms. The van der Waals surface area contributed by atoms with E-state index in [9.17, 15) is 0 Å². The fourth-order valence-electron chi connectivity index (χ4n) is 3.32. The summed E-state index contributed by atoms with van der Waals surface area (Å²) in [5, 5.41) is 0. The van der Waals surface area contributed by atoms with Gasteiger partial charge in [0.25, 0.3) is 0 Å². The predicted octanol–water partition coefficient (Wildman–Crippen LogP) is 6.20. The minimum absolute atomic E-state index is 0.981. The number of rotatable bonds is 6. The van der Waals surface area contributed by atoms with Gasteiger partial charge < -0.3 is 0 Å². The first-order chi connectivity index (χ1) is 11.7. The van der Waals surface area contributed by atoms with Crippen LogP contribution < -0.4 is 6.15 Å². The zero-order valence-corrected chi connectivity index (χ0v) is 19.9. The van der Waals surface area contributed by atoms with Gasteiger partial charge in [0, 0.05) is 0 Å². The summed E-state index contributed by atoms with van der Waals surface area (Å²) in [6.07, 6.45) is 1.96. The topological polar surface area (TPSA) is 18.5 Å². The second kappa shape index (κ2) is 8.03. The molecule has 0 saturated carbocycles.